The first kappa shape index (κ1) is 28.7. The molecule has 3 heterocycles. The summed E-state index contributed by atoms with van der Waals surface area (Å²) in [6.07, 6.45) is -4.81. The van der Waals surface area contributed by atoms with Crippen molar-refractivity contribution in [1.82, 2.24) is 4.98 Å². The van der Waals surface area contributed by atoms with Crippen LogP contribution in [-0.2, 0) is 20.6 Å². The number of amides is 3. The molecular weight excluding hydrogens is 610 g/mol. The molecule has 3 amide bonds. The Balaban J connectivity index is 1.31. The van der Waals surface area contributed by atoms with Crippen LogP contribution in [0, 0.1) is 11.7 Å². The van der Waals surface area contributed by atoms with E-state index in [1.165, 1.54) is 36.4 Å². The minimum absolute atomic E-state index is 0.238. The second-order valence-corrected chi connectivity index (χ2v) is 11.9. The number of anilines is 2. The highest BCUT2D eigenvalue weighted by molar-refractivity contribution is 8.00. The van der Waals surface area contributed by atoms with Crippen LogP contribution in [0.3, 0.4) is 0 Å². The Morgan fingerprint density at radius 1 is 0.977 bits per heavy atom. The number of para-hydroxylation sites is 1. The molecule has 2 N–H and O–H groups in total. The SMILES string of the molecule is O=C(COc1cccc(C2c3sc(=O)[nH]c3SC3C(=O)N(c4ccccc4C(F)(F)F)C(=O)C32)c1)Nc1ccc(F)cc1. The molecule has 1 saturated heterocycles. The van der Waals surface area contributed by atoms with Crippen LogP contribution in [-0.4, -0.2) is 34.6 Å². The normalized spacial score (nSPS) is 19.6. The smallest absolute Gasteiger partial charge is 0.418 e. The molecular formula is C29H19F4N3O5S2. The van der Waals surface area contributed by atoms with Crippen LogP contribution in [0.25, 0.3) is 0 Å². The Labute approximate surface area is 248 Å². The lowest BCUT2D eigenvalue weighted by molar-refractivity contribution is -0.137. The molecule has 0 bridgehead atoms. The molecule has 1 aromatic heterocycles. The summed E-state index contributed by atoms with van der Waals surface area (Å²) in [5.41, 5.74) is -0.838. The van der Waals surface area contributed by atoms with Crippen molar-refractivity contribution < 1.29 is 36.7 Å². The third-order valence-electron chi connectivity index (χ3n) is 6.99. The number of nitrogens with one attached hydrogen (secondary N) is 2. The Kier molecular flexibility index (Phi) is 7.34. The van der Waals surface area contributed by atoms with Crippen molar-refractivity contribution in [2.45, 2.75) is 22.4 Å². The fourth-order valence-corrected chi connectivity index (χ4v) is 7.71. The van der Waals surface area contributed by atoms with E-state index in [4.69, 9.17) is 4.74 Å². The lowest BCUT2D eigenvalue weighted by atomic mass is 9.83. The summed E-state index contributed by atoms with van der Waals surface area (Å²) in [5.74, 6) is -4.35. The third kappa shape index (κ3) is 5.43. The van der Waals surface area contributed by atoms with Gasteiger partial charge in [-0.05, 0) is 54.1 Å². The average molecular weight is 630 g/mol. The van der Waals surface area contributed by atoms with Gasteiger partial charge in [0.2, 0.25) is 11.8 Å². The van der Waals surface area contributed by atoms with Crippen molar-refractivity contribution in [2.24, 2.45) is 5.92 Å². The van der Waals surface area contributed by atoms with Crippen molar-refractivity contribution in [2.75, 3.05) is 16.8 Å². The van der Waals surface area contributed by atoms with E-state index in [1.54, 1.807) is 24.3 Å². The number of hydrogen-bond acceptors (Lipinski definition) is 7. The second kappa shape index (κ2) is 11.0. The fraction of sp³-hybridized carbons (Fsp3) is 0.172. The number of fused-ring (bicyclic) bond motifs is 2. The maximum Gasteiger partial charge on any atom is 0.418 e. The number of imide groups is 1. The number of alkyl halides is 3. The number of hydrogen-bond donors (Lipinski definition) is 2. The van der Waals surface area contributed by atoms with Gasteiger partial charge < -0.3 is 15.0 Å². The van der Waals surface area contributed by atoms with E-state index in [0.717, 1.165) is 35.2 Å². The number of thioether (sulfide) groups is 1. The molecule has 2 aliphatic heterocycles. The zero-order valence-electron chi connectivity index (χ0n) is 21.7. The Bertz CT molecular complexity index is 1800. The summed E-state index contributed by atoms with van der Waals surface area (Å²) in [7, 11) is 0. The zero-order chi connectivity index (χ0) is 30.5. The Morgan fingerprint density at radius 2 is 1.72 bits per heavy atom. The lowest BCUT2D eigenvalue weighted by Gasteiger charge is -2.30. The average Bonchev–Trinajstić information content (AvgIpc) is 3.46. The van der Waals surface area contributed by atoms with Crippen molar-refractivity contribution >= 4 is 52.2 Å². The van der Waals surface area contributed by atoms with Gasteiger partial charge >= 0.3 is 11.0 Å². The van der Waals surface area contributed by atoms with Crippen molar-refractivity contribution in [3.63, 3.8) is 0 Å². The molecule has 3 atom stereocenters. The Hall–Kier alpha value is -4.43. The van der Waals surface area contributed by atoms with Gasteiger partial charge in [-0.3, -0.25) is 19.2 Å². The molecule has 14 heteroatoms. The number of rotatable bonds is 6. The van der Waals surface area contributed by atoms with Crippen LogP contribution in [0.4, 0.5) is 28.9 Å². The molecule has 43 heavy (non-hydrogen) atoms. The lowest BCUT2D eigenvalue weighted by Crippen LogP contribution is -2.33. The molecule has 6 rings (SSSR count). The van der Waals surface area contributed by atoms with Crippen molar-refractivity contribution in [3.8, 4) is 5.75 Å². The van der Waals surface area contributed by atoms with Gasteiger partial charge in [0.05, 0.1) is 22.2 Å². The molecule has 0 spiro atoms. The van der Waals surface area contributed by atoms with Gasteiger partial charge in [-0.15, -0.1) is 0 Å². The van der Waals surface area contributed by atoms with Gasteiger partial charge in [-0.25, -0.2) is 9.29 Å². The van der Waals surface area contributed by atoms with E-state index in [2.05, 4.69) is 10.3 Å². The second-order valence-electron chi connectivity index (χ2n) is 9.69. The van der Waals surface area contributed by atoms with Gasteiger partial charge in [0, 0.05) is 16.5 Å². The summed E-state index contributed by atoms with van der Waals surface area (Å²) in [5, 5.41) is 1.84. The molecule has 1 fully saturated rings. The predicted octanol–water partition coefficient (Wildman–Crippen LogP) is 5.41. The number of aromatic amines is 1. The monoisotopic (exact) mass is 629 g/mol. The van der Waals surface area contributed by atoms with Gasteiger partial charge in [0.25, 0.3) is 5.91 Å². The minimum atomic E-state index is -4.81. The molecule has 0 aliphatic carbocycles. The topological polar surface area (TPSA) is 109 Å². The first-order chi connectivity index (χ1) is 20.5. The van der Waals surface area contributed by atoms with Crippen LogP contribution >= 0.6 is 23.1 Å². The summed E-state index contributed by atoms with van der Waals surface area (Å²) in [4.78, 5) is 55.5. The zero-order valence-corrected chi connectivity index (χ0v) is 23.3. The largest absolute Gasteiger partial charge is 0.484 e. The Morgan fingerprint density at radius 3 is 2.47 bits per heavy atom. The maximum atomic E-state index is 13.9. The number of carbonyl (C=O) groups excluding carboxylic acids is 3. The number of ether oxygens (including phenoxy) is 1. The standard InChI is InChI=1S/C29H19F4N3O5S2/c30-15-8-10-16(11-9-15)34-20(37)13-41-17-5-3-4-14(12-17)21-22-24(42-25-23(21)43-28(40)35-25)27(39)36(26(22)38)19-7-2-1-6-18(19)29(31,32)33/h1-12,21-22,24H,13H2,(H,34,37)(H,35,40). The highest BCUT2D eigenvalue weighted by Crippen LogP contribution is 2.54. The van der Waals surface area contributed by atoms with E-state index >= 15 is 0 Å². The summed E-state index contributed by atoms with van der Waals surface area (Å²) < 4.78 is 60.3. The highest BCUT2D eigenvalue weighted by atomic mass is 32.2. The van der Waals surface area contributed by atoms with Crippen LogP contribution in [0.2, 0.25) is 0 Å². The van der Waals surface area contributed by atoms with E-state index in [1.807, 2.05) is 0 Å². The van der Waals surface area contributed by atoms with E-state index in [-0.39, 0.29) is 5.75 Å². The van der Waals surface area contributed by atoms with Gasteiger partial charge in [0.15, 0.2) is 6.61 Å². The summed E-state index contributed by atoms with van der Waals surface area (Å²) >= 11 is 1.80. The quantitative estimate of drug-likeness (QED) is 0.218. The molecule has 4 aromatic rings. The molecule has 0 saturated carbocycles. The first-order valence-corrected chi connectivity index (χ1v) is 14.4. The van der Waals surface area contributed by atoms with Gasteiger partial charge in [-0.1, -0.05) is 47.4 Å². The first-order valence-electron chi connectivity index (χ1n) is 12.7. The molecule has 2 aliphatic rings. The molecule has 220 valence electrons. The number of aromatic nitrogens is 1. The van der Waals surface area contributed by atoms with E-state index in [9.17, 15) is 36.7 Å². The van der Waals surface area contributed by atoms with Crippen LogP contribution in [0.5, 0.6) is 5.75 Å². The fourth-order valence-electron chi connectivity index (χ4n) is 5.20. The van der Waals surface area contributed by atoms with Gasteiger partial charge in [0.1, 0.15) is 16.8 Å². The number of halogens is 4. The molecule has 3 aromatic carbocycles. The summed E-state index contributed by atoms with van der Waals surface area (Å²) in [6.45, 7) is -0.407. The highest BCUT2D eigenvalue weighted by Gasteiger charge is 2.57. The van der Waals surface area contributed by atoms with Gasteiger partial charge in [-0.2, -0.15) is 13.2 Å². The number of carbonyl (C=O) groups is 3. The molecule has 0 radical (unpaired) electrons. The van der Waals surface area contributed by atoms with Crippen molar-refractivity contribution in [1.29, 1.82) is 0 Å². The number of thiazole rings is 1. The maximum absolute atomic E-state index is 13.9. The molecule has 8 nitrogen and oxygen atoms in total. The van der Waals surface area contributed by atoms with Crippen molar-refractivity contribution in [3.05, 3.63) is 104 Å². The van der Waals surface area contributed by atoms with Crippen LogP contribution in [0.15, 0.2) is 82.6 Å². The number of H-pyrrole nitrogens is 1. The molecule has 3 unspecified atom stereocenters. The minimum Gasteiger partial charge on any atom is -0.484 e. The van der Waals surface area contributed by atoms with Crippen LogP contribution in [0.1, 0.15) is 21.9 Å². The predicted molar refractivity (Wildman–Crippen MR) is 151 cm³/mol. The summed E-state index contributed by atoms with van der Waals surface area (Å²) in [6, 6.07) is 15.9. The number of nitrogens with zero attached hydrogens (tertiary/aromatic N) is 1. The van der Waals surface area contributed by atoms with E-state index < -0.39 is 69.5 Å². The van der Waals surface area contributed by atoms with Crippen LogP contribution < -0.4 is 19.8 Å². The third-order valence-corrected chi connectivity index (χ3v) is 9.39. The van der Waals surface area contributed by atoms with E-state index in [0.29, 0.717) is 26.1 Å². The number of benzene rings is 3.